The van der Waals surface area contributed by atoms with Crippen LogP contribution in [0.1, 0.15) is 19.9 Å². The Balaban J connectivity index is 3.13. The zero-order valence-corrected chi connectivity index (χ0v) is 7.51. The highest BCUT2D eigenvalue weighted by molar-refractivity contribution is 7.79. The van der Waals surface area contributed by atoms with Gasteiger partial charge in [-0.15, -0.1) is 0 Å². The van der Waals surface area contributed by atoms with E-state index in [1.165, 1.54) is 0 Å². The molecule has 1 atom stereocenters. The van der Waals surface area contributed by atoms with Gasteiger partial charge in [-0.2, -0.15) is 9.49 Å². The van der Waals surface area contributed by atoms with E-state index in [0.29, 0.717) is 0 Å². The lowest BCUT2D eigenvalue weighted by Crippen LogP contribution is -2.06. The Hall–Kier alpha value is -0.750. The number of nitrogens with zero attached hydrogens (tertiary/aromatic N) is 2. The molecule has 4 nitrogen and oxygen atoms in total. The fourth-order valence-electron chi connectivity index (χ4n) is 0.809. The van der Waals surface area contributed by atoms with Crippen LogP contribution in [0.3, 0.4) is 0 Å². The van der Waals surface area contributed by atoms with Crippen molar-refractivity contribution in [1.82, 2.24) is 9.78 Å². The molecule has 0 amide bonds. The third-order valence-electron chi connectivity index (χ3n) is 1.38. The number of rotatable bonds is 2. The van der Waals surface area contributed by atoms with Crippen LogP contribution in [0.2, 0.25) is 0 Å². The van der Waals surface area contributed by atoms with Crippen LogP contribution >= 0.6 is 0 Å². The standard InChI is InChI=1S/C6H9FN2O2S/c1-4(2)9-6(7)5(3-8-9)12(10)11/h3-4H,1-2H3,(H,10,11). The molecule has 0 radical (unpaired) electrons. The molecular weight excluding hydrogens is 183 g/mol. The van der Waals surface area contributed by atoms with E-state index in [1.807, 2.05) is 0 Å². The summed E-state index contributed by atoms with van der Waals surface area (Å²) < 4.78 is 33.2. The van der Waals surface area contributed by atoms with E-state index in [-0.39, 0.29) is 10.9 Å². The Morgan fingerprint density at radius 3 is 2.58 bits per heavy atom. The molecule has 6 heteroatoms. The molecule has 0 saturated carbocycles. The van der Waals surface area contributed by atoms with Crippen LogP contribution in [0.25, 0.3) is 0 Å². The number of halogens is 1. The molecule has 0 spiro atoms. The second-order valence-electron chi connectivity index (χ2n) is 2.59. The van der Waals surface area contributed by atoms with E-state index in [1.54, 1.807) is 13.8 Å². The van der Waals surface area contributed by atoms with E-state index in [0.717, 1.165) is 10.9 Å². The van der Waals surface area contributed by atoms with Gasteiger partial charge >= 0.3 is 0 Å². The van der Waals surface area contributed by atoms with Gasteiger partial charge in [0.1, 0.15) is 4.90 Å². The van der Waals surface area contributed by atoms with Gasteiger partial charge in [-0.1, -0.05) is 0 Å². The predicted octanol–water partition coefficient (Wildman–Crippen LogP) is 1.18. The smallest absolute Gasteiger partial charge is 0.230 e. The normalized spacial score (nSPS) is 13.8. The van der Waals surface area contributed by atoms with Gasteiger partial charge in [0.25, 0.3) is 0 Å². The summed E-state index contributed by atoms with van der Waals surface area (Å²) in [6.07, 6.45) is 1.06. The van der Waals surface area contributed by atoms with Crippen molar-refractivity contribution in [2.24, 2.45) is 0 Å². The van der Waals surface area contributed by atoms with E-state index in [4.69, 9.17) is 4.55 Å². The molecule has 0 bridgehead atoms. The maximum Gasteiger partial charge on any atom is 0.230 e. The van der Waals surface area contributed by atoms with Crippen molar-refractivity contribution >= 4 is 11.1 Å². The minimum Gasteiger partial charge on any atom is -0.302 e. The van der Waals surface area contributed by atoms with Crippen molar-refractivity contribution < 1.29 is 13.2 Å². The summed E-state index contributed by atoms with van der Waals surface area (Å²) in [5, 5.41) is 3.63. The van der Waals surface area contributed by atoms with E-state index >= 15 is 0 Å². The molecule has 0 aliphatic heterocycles. The minimum absolute atomic E-state index is 0.151. The molecular formula is C6H9FN2O2S. The summed E-state index contributed by atoms with van der Waals surface area (Å²) >= 11 is -2.29. The number of hydrogen-bond acceptors (Lipinski definition) is 2. The second-order valence-corrected chi connectivity index (χ2v) is 3.53. The summed E-state index contributed by atoms with van der Waals surface area (Å²) in [6, 6.07) is -0.151. The second kappa shape index (κ2) is 3.32. The first kappa shape index (κ1) is 9.34. The Labute approximate surface area is 71.7 Å². The third-order valence-corrected chi connectivity index (χ3v) is 2.03. The van der Waals surface area contributed by atoms with Gasteiger partial charge in [-0.3, -0.25) is 0 Å². The van der Waals surface area contributed by atoms with Crippen LogP contribution in [0, 0.1) is 5.95 Å². The quantitative estimate of drug-likeness (QED) is 0.716. The van der Waals surface area contributed by atoms with Crippen LogP contribution < -0.4 is 0 Å². The predicted molar refractivity (Wildman–Crippen MR) is 41.6 cm³/mol. The average Bonchev–Trinajstić information content (AvgIpc) is 2.30. The molecule has 0 saturated heterocycles. The largest absolute Gasteiger partial charge is 0.302 e. The van der Waals surface area contributed by atoms with Crippen LogP contribution in [-0.2, 0) is 11.1 Å². The zero-order valence-electron chi connectivity index (χ0n) is 6.69. The van der Waals surface area contributed by atoms with E-state index < -0.39 is 17.0 Å². The van der Waals surface area contributed by atoms with Gasteiger partial charge in [0.05, 0.1) is 6.20 Å². The lowest BCUT2D eigenvalue weighted by molar-refractivity contribution is 0.404. The van der Waals surface area contributed by atoms with Gasteiger partial charge in [-0.25, -0.2) is 8.89 Å². The molecule has 1 N–H and O–H groups in total. The molecule has 1 unspecified atom stereocenters. The van der Waals surface area contributed by atoms with Crippen molar-refractivity contribution in [2.75, 3.05) is 0 Å². The number of hydrogen-bond donors (Lipinski definition) is 1. The van der Waals surface area contributed by atoms with Gasteiger partial charge in [0.2, 0.25) is 5.95 Å². The third kappa shape index (κ3) is 1.54. The molecule has 1 rings (SSSR count). The summed E-state index contributed by atoms with van der Waals surface area (Å²) in [6.45, 7) is 3.47. The Morgan fingerprint density at radius 1 is 1.75 bits per heavy atom. The molecule has 12 heavy (non-hydrogen) atoms. The number of aromatic nitrogens is 2. The maximum absolute atomic E-state index is 13.1. The van der Waals surface area contributed by atoms with Crippen molar-refractivity contribution in [3.05, 3.63) is 12.1 Å². The van der Waals surface area contributed by atoms with Crippen LogP contribution in [0.4, 0.5) is 4.39 Å². The Kier molecular flexibility index (Phi) is 2.58. The molecule has 68 valence electrons. The first-order valence-corrected chi connectivity index (χ1v) is 4.48. The summed E-state index contributed by atoms with van der Waals surface area (Å²) in [5.41, 5.74) is 0. The van der Waals surface area contributed by atoms with E-state index in [9.17, 15) is 8.60 Å². The van der Waals surface area contributed by atoms with Gasteiger partial charge in [-0.05, 0) is 13.8 Å². The highest BCUT2D eigenvalue weighted by atomic mass is 32.2. The van der Waals surface area contributed by atoms with Crippen molar-refractivity contribution in [2.45, 2.75) is 24.8 Å². The van der Waals surface area contributed by atoms with Crippen LogP contribution in [-0.4, -0.2) is 18.5 Å². The van der Waals surface area contributed by atoms with Crippen molar-refractivity contribution in [3.8, 4) is 0 Å². The maximum atomic E-state index is 13.1. The first-order valence-electron chi connectivity index (χ1n) is 3.38. The molecule has 0 aliphatic carbocycles. The molecule has 0 aromatic carbocycles. The molecule has 1 aromatic rings. The highest BCUT2D eigenvalue weighted by Gasteiger charge is 2.15. The van der Waals surface area contributed by atoms with Crippen molar-refractivity contribution in [1.29, 1.82) is 0 Å². The topological polar surface area (TPSA) is 55.1 Å². The van der Waals surface area contributed by atoms with Gasteiger partial charge in [0.15, 0.2) is 11.1 Å². The van der Waals surface area contributed by atoms with Crippen LogP contribution in [0.5, 0.6) is 0 Å². The van der Waals surface area contributed by atoms with Crippen LogP contribution in [0.15, 0.2) is 11.1 Å². The summed E-state index contributed by atoms with van der Waals surface area (Å²) in [4.78, 5) is -0.274. The SMILES string of the molecule is CC(C)n1ncc(S(=O)O)c1F. The molecule has 0 fully saturated rings. The van der Waals surface area contributed by atoms with Gasteiger partial charge < -0.3 is 4.55 Å². The van der Waals surface area contributed by atoms with Gasteiger partial charge in [0, 0.05) is 6.04 Å². The molecule has 0 aliphatic rings. The minimum atomic E-state index is -2.29. The lowest BCUT2D eigenvalue weighted by atomic mass is 10.4. The zero-order chi connectivity index (χ0) is 9.30. The van der Waals surface area contributed by atoms with Crippen molar-refractivity contribution in [3.63, 3.8) is 0 Å². The Bertz CT molecular complexity index is 310. The average molecular weight is 192 g/mol. The highest BCUT2D eigenvalue weighted by Crippen LogP contribution is 2.13. The monoisotopic (exact) mass is 192 g/mol. The fraction of sp³-hybridized carbons (Fsp3) is 0.500. The van der Waals surface area contributed by atoms with E-state index in [2.05, 4.69) is 5.10 Å². The molecule has 1 heterocycles. The lowest BCUT2D eigenvalue weighted by Gasteiger charge is -2.04. The summed E-state index contributed by atoms with van der Waals surface area (Å²) in [5.74, 6) is -0.745. The molecule has 1 aromatic heterocycles. The Morgan fingerprint density at radius 2 is 2.33 bits per heavy atom. The summed E-state index contributed by atoms with van der Waals surface area (Å²) in [7, 11) is 0. The first-order chi connectivity index (χ1) is 5.54. The fourth-order valence-corrected chi connectivity index (χ4v) is 1.18.